The van der Waals surface area contributed by atoms with Gasteiger partial charge in [-0.3, -0.25) is 0 Å². The van der Waals surface area contributed by atoms with E-state index in [0.29, 0.717) is 0 Å². The Morgan fingerprint density at radius 3 is 2.20 bits per heavy atom. The van der Waals surface area contributed by atoms with Gasteiger partial charge in [0.1, 0.15) is 6.04 Å². The lowest BCUT2D eigenvalue weighted by molar-refractivity contribution is -0.140. The number of rotatable bonds is 6. The molecule has 0 aliphatic heterocycles. The second kappa shape index (κ2) is 7.28. The Morgan fingerprint density at radius 2 is 1.80 bits per heavy atom. The topological polar surface area (TPSA) is 78.4 Å². The van der Waals surface area contributed by atoms with Gasteiger partial charge in [0, 0.05) is 4.88 Å². The molecule has 20 heavy (non-hydrogen) atoms. The molecule has 0 saturated heterocycles. The molecule has 2 atom stereocenters. The molecule has 0 aliphatic rings. The van der Waals surface area contributed by atoms with Crippen LogP contribution in [0.3, 0.4) is 0 Å². The summed E-state index contributed by atoms with van der Waals surface area (Å²) < 4.78 is 0. The van der Waals surface area contributed by atoms with Crippen molar-refractivity contribution in [3.8, 4) is 0 Å². The van der Waals surface area contributed by atoms with Crippen molar-refractivity contribution in [3.05, 3.63) is 22.4 Å². The van der Waals surface area contributed by atoms with Crippen LogP contribution in [0.4, 0.5) is 4.79 Å². The molecule has 1 aromatic heterocycles. The molecule has 1 aromatic rings. The predicted octanol–water partition coefficient (Wildman–Crippen LogP) is 2.85. The summed E-state index contributed by atoms with van der Waals surface area (Å²) in [6, 6.07) is 2.46. The number of carboxylic acids is 1. The standard InChI is InChI=1S/C14H22N2O3S/c1-8(2)11(10-6-5-7-20-10)15-14(19)16-12(9(3)4)13(17)18/h5-9,11-12H,1-4H3,(H,17,18)(H2,15,16,19)/t11?,12-/m0/s1. The third kappa shape index (κ3) is 4.52. The quantitative estimate of drug-likeness (QED) is 0.755. The molecule has 0 fully saturated rings. The maximum absolute atomic E-state index is 12.0. The van der Waals surface area contributed by atoms with Crippen LogP contribution in [0.1, 0.15) is 38.6 Å². The molecule has 112 valence electrons. The first-order valence-corrected chi connectivity index (χ1v) is 7.54. The van der Waals surface area contributed by atoms with Crippen molar-refractivity contribution in [1.29, 1.82) is 0 Å². The Balaban J connectivity index is 2.70. The van der Waals surface area contributed by atoms with Crippen LogP contribution in [0.25, 0.3) is 0 Å². The minimum absolute atomic E-state index is 0.114. The van der Waals surface area contributed by atoms with Gasteiger partial charge in [0.2, 0.25) is 0 Å². The Labute approximate surface area is 123 Å². The van der Waals surface area contributed by atoms with Crippen molar-refractivity contribution in [2.45, 2.75) is 39.8 Å². The number of carboxylic acid groups (broad SMARTS) is 1. The predicted molar refractivity (Wildman–Crippen MR) is 79.8 cm³/mol. The first-order valence-electron chi connectivity index (χ1n) is 6.66. The highest BCUT2D eigenvalue weighted by Gasteiger charge is 2.25. The van der Waals surface area contributed by atoms with Crippen LogP contribution in [0.15, 0.2) is 17.5 Å². The lowest BCUT2D eigenvalue weighted by atomic mass is 10.0. The summed E-state index contributed by atoms with van der Waals surface area (Å²) in [4.78, 5) is 24.1. The van der Waals surface area contributed by atoms with Crippen molar-refractivity contribution in [3.63, 3.8) is 0 Å². The highest BCUT2D eigenvalue weighted by molar-refractivity contribution is 7.10. The molecule has 0 radical (unpaired) electrons. The minimum Gasteiger partial charge on any atom is -0.480 e. The van der Waals surface area contributed by atoms with Crippen molar-refractivity contribution in [2.75, 3.05) is 0 Å². The van der Waals surface area contributed by atoms with E-state index in [0.717, 1.165) is 4.88 Å². The van der Waals surface area contributed by atoms with E-state index in [1.54, 1.807) is 25.2 Å². The number of thiophene rings is 1. The number of amides is 2. The van der Waals surface area contributed by atoms with Gasteiger partial charge in [-0.05, 0) is 23.3 Å². The Bertz CT molecular complexity index is 443. The molecule has 0 spiro atoms. The zero-order chi connectivity index (χ0) is 15.3. The van der Waals surface area contributed by atoms with Crippen LogP contribution in [-0.4, -0.2) is 23.1 Å². The van der Waals surface area contributed by atoms with E-state index in [-0.39, 0.29) is 17.9 Å². The lowest BCUT2D eigenvalue weighted by Gasteiger charge is -2.24. The number of carbonyl (C=O) groups is 2. The molecular formula is C14H22N2O3S. The van der Waals surface area contributed by atoms with Crippen molar-refractivity contribution < 1.29 is 14.7 Å². The molecule has 0 bridgehead atoms. The van der Waals surface area contributed by atoms with E-state index in [9.17, 15) is 9.59 Å². The molecule has 1 unspecified atom stereocenters. The molecule has 1 heterocycles. The number of urea groups is 1. The molecule has 3 N–H and O–H groups in total. The normalized spacial score (nSPS) is 14.1. The van der Waals surface area contributed by atoms with Gasteiger partial charge in [0.05, 0.1) is 6.04 Å². The third-order valence-electron chi connectivity index (χ3n) is 3.02. The van der Waals surface area contributed by atoms with E-state index in [4.69, 9.17) is 5.11 Å². The maximum atomic E-state index is 12.0. The average molecular weight is 298 g/mol. The van der Waals surface area contributed by atoms with Crippen LogP contribution >= 0.6 is 11.3 Å². The summed E-state index contributed by atoms with van der Waals surface area (Å²) >= 11 is 1.57. The van der Waals surface area contributed by atoms with Crippen LogP contribution in [-0.2, 0) is 4.79 Å². The summed E-state index contributed by atoms with van der Waals surface area (Å²) in [7, 11) is 0. The monoisotopic (exact) mass is 298 g/mol. The first-order chi connectivity index (χ1) is 9.32. The fourth-order valence-corrected chi connectivity index (χ4v) is 2.82. The second-order valence-electron chi connectivity index (χ2n) is 5.41. The fraction of sp³-hybridized carbons (Fsp3) is 0.571. The number of carbonyl (C=O) groups excluding carboxylic acids is 1. The van der Waals surface area contributed by atoms with Crippen LogP contribution in [0, 0.1) is 11.8 Å². The van der Waals surface area contributed by atoms with Gasteiger partial charge in [-0.25, -0.2) is 9.59 Å². The zero-order valence-corrected chi connectivity index (χ0v) is 13.0. The summed E-state index contributed by atoms with van der Waals surface area (Å²) in [6.45, 7) is 7.56. The van der Waals surface area contributed by atoms with Gasteiger partial charge >= 0.3 is 12.0 Å². The van der Waals surface area contributed by atoms with Gasteiger partial charge in [-0.1, -0.05) is 33.8 Å². The molecule has 5 nitrogen and oxygen atoms in total. The van der Waals surface area contributed by atoms with Gasteiger partial charge < -0.3 is 15.7 Å². The number of hydrogen-bond acceptors (Lipinski definition) is 3. The number of aliphatic carboxylic acids is 1. The fourth-order valence-electron chi connectivity index (χ4n) is 1.87. The zero-order valence-electron chi connectivity index (χ0n) is 12.2. The minimum atomic E-state index is -1.02. The van der Waals surface area contributed by atoms with Crippen molar-refractivity contribution in [2.24, 2.45) is 11.8 Å². The molecule has 0 aromatic carbocycles. The average Bonchev–Trinajstić information content (AvgIpc) is 2.85. The largest absolute Gasteiger partial charge is 0.480 e. The summed E-state index contributed by atoms with van der Waals surface area (Å²) in [5.41, 5.74) is 0. The Morgan fingerprint density at radius 1 is 1.15 bits per heavy atom. The first kappa shape index (κ1) is 16.5. The highest BCUT2D eigenvalue weighted by Crippen LogP contribution is 2.25. The van der Waals surface area contributed by atoms with Gasteiger partial charge in [0.15, 0.2) is 0 Å². The Hall–Kier alpha value is -1.56. The number of nitrogens with one attached hydrogen (secondary N) is 2. The Kier molecular flexibility index (Phi) is 6.01. The van der Waals surface area contributed by atoms with E-state index in [1.807, 2.05) is 31.4 Å². The molecular weight excluding hydrogens is 276 g/mol. The van der Waals surface area contributed by atoms with E-state index in [1.165, 1.54) is 0 Å². The second-order valence-corrected chi connectivity index (χ2v) is 6.39. The van der Waals surface area contributed by atoms with E-state index >= 15 is 0 Å². The maximum Gasteiger partial charge on any atom is 0.326 e. The van der Waals surface area contributed by atoms with E-state index in [2.05, 4.69) is 10.6 Å². The van der Waals surface area contributed by atoms with Crippen LogP contribution < -0.4 is 10.6 Å². The molecule has 0 aliphatic carbocycles. The van der Waals surface area contributed by atoms with E-state index < -0.39 is 18.0 Å². The van der Waals surface area contributed by atoms with Gasteiger partial charge in [-0.2, -0.15) is 0 Å². The SMILES string of the molecule is CC(C)C(NC(=O)N[C@H](C(=O)O)C(C)C)c1cccs1. The van der Waals surface area contributed by atoms with Crippen LogP contribution in [0.5, 0.6) is 0 Å². The van der Waals surface area contributed by atoms with Crippen molar-refractivity contribution >= 4 is 23.3 Å². The van der Waals surface area contributed by atoms with Crippen LogP contribution in [0.2, 0.25) is 0 Å². The van der Waals surface area contributed by atoms with Gasteiger partial charge in [0.25, 0.3) is 0 Å². The molecule has 2 amide bonds. The summed E-state index contributed by atoms with van der Waals surface area (Å²) in [5.74, 6) is -0.966. The lowest BCUT2D eigenvalue weighted by Crippen LogP contribution is -2.49. The smallest absolute Gasteiger partial charge is 0.326 e. The molecule has 1 rings (SSSR count). The number of hydrogen-bond donors (Lipinski definition) is 3. The molecule has 6 heteroatoms. The highest BCUT2D eigenvalue weighted by atomic mass is 32.1. The summed E-state index contributed by atoms with van der Waals surface area (Å²) in [5, 5.41) is 16.4. The molecule has 0 saturated carbocycles. The summed E-state index contributed by atoms with van der Waals surface area (Å²) in [6.07, 6.45) is 0. The van der Waals surface area contributed by atoms with Gasteiger partial charge in [-0.15, -0.1) is 11.3 Å². The van der Waals surface area contributed by atoms with Crippen molar-refractivity contribution in [1.82, 2.24) is 10.6 Å². The third-order valence-corrected chi connectivity index (χ3v) is 3.98.